The summed E-state index contributed by atoms with van der Waals surface area (Å²) in [5.74, 6) is 2.00. The molecule has 49 heavy (non-hydrogen) atoms. The topological polar surface area (TPSA) is 98.0 Å². The second kappa shape index (κ2) is 15.0. The van der Waals surface area contributed by atoms with Gasteiger partial charge in [0.25, 0.3) is 0 Å². The van der Waals surface area contributed by atoms with Gasteiger partial charge in [-0.05, 0) is 118 Å². The molecule has 1 aromatic heterocycles. The van der Waals surface area contributed by atoms with Crippen LogP contribution in [-0.4, -0.2) is 53.8 Å². The highest BCUT2D eigenvalue weighted by molar-refractivity contribution is 5.96. The van der Waals surface area contributed by atoms with E-state index in [4.69, 9.17) is 9.47 Å². The first-order valence-electron chi connectivity index (χ1n) is 18.2. The first-order chi connectivity index (χ1) is 23.9. The van der Waals surface area contributed by atoms with E-state index in [1.165, 1.54) is 24.0 Å². The molecule has 3 fully saturated rings. The van der Waals surface area contributed by atoms with E-state index in [-0.39, 0.29) is 17.9 Å². The minimum Gasteiger partial charge on any atom is -0.496 e. The summed E-state index contributed by atoms with van der Waals surface area (Å²) in [7, 11) is 1.72. The van der Waals surface area contributed by atoms with Gasteiger partial charge in [-0.1, -0.05) is 30.3 Å². The van der Waals surface area contributed by atoms with Crippen molar-refractivity contribution in [3.8, 4) is 16.9 Å². The van der Waals surface area contributed by atoms with E-state index in [9.17, 15) is 9.59 Å². The average molecular weight is 664 g/mol. The van der Waals surface area contributed by atoms with Crippen LogP contribution >= 0.6 is 0 Å². The third-order valence-corrected chi connectivity index (χ3v) is 10.9. The molecule has 2 aromatic carbocycles. The van der Waals surface area contributed by atoms with Crippen LogP contribution in [0.3, 0.4) is 0 Å². The molecule has 0 saturated heterocycles. The van der Waals surface area contributed by atoms with Gasteiger partial charge >= 0.3 is 6.09 Å². The Labute approximate surface area is 289 Å². The van der Waals surface area contributed by atoms with Crippen molar-refractivity contribution in [2.24, 2.45) is 16.8 Å². The van der Waals surface area contributed by atoms with Crippen LogP contribution in [0, 0.1) is 18.8 Å². The minimum absolute atomic E-state index is 0.0956. The standard InChI is InChI=1S/C40H49N5O4/c1-27-21-32(14-19-38(27)48-2)29-10-8-28(9-11-29)25-44(36-7-3-5-31(22-36)33-23-43-45(26-33)35-15-16-35)39(46)30-12-17-37(18-13-30)49-40(47)42-24-34-6-4-20-41-34/h3-5,7,14,19-23,26,28-30,35,37H,6,8-13,15-18,24-25H2,1-2H3,(H,42,47). The van der Waals surface area contributed by atoms with Crippen LogP contribution < -0.4 is 15.0 Å². The van der Waals surface area contributed by atoms with Crippen molar-refractivity contribution in [3.05, 3.63) is 78.3 Å². The van der Waals surface area contributed by atoms with Crippen LogP contribution in [0.4, 0.5) is 10.5 Å². The Balaban J connectivity index is 1.02. The lowest BCUT2D eigenvalue weighted by molar-refractivity contribution is -0.124. The van der Waals surface area contributed by atoms with Gasteiger partial charge in [0.1, 0.15) is 11.9 Å². The van der Waals surface area contributed by atoms with Gasteiger partial charge in [-0.15, -0.1) is 0 Å². The van der Waals surface area contributed by atoms with Crippen molar-refractivity contribution in [3.63, 3.8) is 0 Å². The number of hydrogen-bond acceptors (Lipinski definition) is 6. The number of ether oxygens (including phenoxy) is 2. The third-order valence-electron chi connectivity index (χ3n) is 10.9. The van der Waals surface area contributed by atoms with Crippen molar-refractivity contribution in [1.82, 2.24) is 15.1 Å². The summed E-state index contributed by atoms with van der Waals surface area (Å²) >= 11 is 0. The molecule has 4 aliphatic rings. The van der Waals surface area contributed by atoms with E-state index in [1.807, 2.05) is 12.3 Å². The first kappa shape index (κ1) is 33.1. The maximum atomic E-state index is 14.4. The highest BCUT2D eigenvalue weighted by Crippen LogP contribution is 2.40. The molecular weight excluding hydrogens is 614 g/mol. The number of benzene rings is 2. The van der Waals surface area contributed by atoms with E-state index in [0.29, 0.717) is 50.1 Å². The Bertz CT molecular complexity index is 1690. The smallest absolute Gasteiger partial charge is 0.407 e. The lowest BCUT2D eigenvalue weighted by atomic mass is 9.78. The normalized spacial score (nSPS) is 23.5. The van der Waals surface area contributed by atoms with Crippen LogP contribution in [0.2, 0.25) is 0 Å². The lowest BCUT2D eigenvalue weighted by Gasteiger charge is -2.36. The number of anilines is 1. The largest absolute Gasteiger partial charge is 0.496 e. The van der Waals surface area contributed by atoms with Gasteiger partial charge < -0.3 is 19.7 Å². The predicted octanol–water partition coefficient (Wildman–Crippen LogP) is 8.15. The van der Waals surface area contributed by atoms with Gasteiger partial charge in [0.15, 0.2) is 0 Å². The summed E-state index contributed by atoms with van der Waals surface area (Å²) in [5.41, 5.74) is 6.62. The number of nitrogens with one attached hydrogen (secondary N) is 1. The lowest BCUT2D eigenvalue weighted by Crippen LogP contribution is -2.42. The van der Waals surface area contributed by atoms with E-state index in [0.717, 1.165) is 66.9 Å². The predicted molar refractivity (Wildman–Crippen MR) is 192 cm³/mol. The number of aliphatic imine (C=N–C) groups is 1. The SMILES string of the molecule is COc1ccc(C2CCC(CN(C(=O)C3CCC(OC(=O)NCC4=NC=CC4)CC3)c3cccc(-c4cnn(C5CC5)c4)c3)CC2)cc1C. The van der Waals surface area contributed by atoms with Crippen LogP contribution in [0.5, 0.6) is 5.75 Å². The summed E-state index contributed by atoms with van der Waals surface area (Å²) in [5, 5.41) is 7.44. The Morgan fingerprint density at radius 2 is 1.78 bits per heavy atom. The van der Waals surface area contributed by atoms with Crippen LogP contribution in [0.1, 0.15) is 93.7 Å². The van der Waals surface area contributed by atoms with Crippen molar-refractivity contribution in [2.45, 2.75) is 95.6 Å². The van der Waals surface area contributed by atoms with Gasteiger partial charge in [0.2, 0.25) is 5.91 Å². The number of amides is 2. The fourth-order valence-corrected chi connectivity index (χ4v) is 7.83. The summed E-state index contributed by atoms with van der Waals surface area (Å²) in [6, 6.07) is 15.6. The summed E-state index contributed by atoms with van der Waals surface area (Å²) in [6.45, 7) is 3.23. The zero-order chi connectivity index (χ0) is 33.7. The third kappa shape index (κ3) is 8.09. The zero-order valence-corrected chi connectivity index (χ0v) is 28.9. The summed E-state index contributed by atoms with van der Waals surface area (Å²) in [6.07, 6.45) is 17.6. The quantitative estimate of drug-likeness (QED) is 0.223. The molecule has 0 atom stereocenters. The molecule has 0 radical (unpaired) electrons. The Morgan fingerprint density at radius 3 is 2.49 bits per heavy atom. The maximum absolute atomic E-state index is 14.4. The van der Waals surface area contributed by atoms with Crippen molar-refractivity contribution in [1.29, 1.82) is 0 Å². The van der Waals surface area contributed by atoms with E-state index < -0.39 is 6.09 Å². The summed E-state index contributed by atoms with van der Waals surface area (Å²) < 4.78 is 13.3. The van der Waals surface area contributed by atoms with Crippen molar-refractivity contribution in [2.75, 3.05) is 25.1 Å². The number of methoxy groups -OCH3 is 1. The molecule has 1 aliphatic heterocycles. The van der Waals surface area contributed by atoms with Gasteiger partial charge in [0.05, 0.1) is 25.9 Å². The van der Waals surface area contributed by atoms with E-state index >= 15 is 0 Å². The number of aryl methyl sites for hydroxylation is 1. The van der Waals surface area contributed by atoms with Gasteiger partial charge in [-0.3, -0.25) is 14.5 Å². The summed E-state index contributed by atoms with van der Waals surface area (Å²) in [4.78, 5) is 33.2. The van der Waals surface area contributed by atoms with Crippen LogP contribution in [0.25, 0.3) is 11.1 Å². The Hall–Kier alpha value is -4.40. The van der Waals surface area contributed by atoms with Gasteiger partial charge in [-0.25, -0.2) is 4.79 Å². The number of rotatable bonds is 11. The molecule has 3 saturated carbocycles. The molecule has 1 N–H and O–H groups in total. The molecule has 9 heteroatoms. The molecule has 2 heterocycles. The molecule has 9 nitrogen and oxygen atoms in total. The number of carbonyl (C=O) groups is 2. The molecule has 3 aliphatic carbocycles. The first-order valence-corrected chi connectivity index (χ1v) is 18.2. The Morgan fingerprint density at radius 1 is 0.959 bits per heavy atom. The number of aromatic nitrogens is 2. The molecule has 2 amide bonds. The molecule has 0 spiro atoms. The Kier molecular flexibility index (Phi) is 10.1. The van der Waals surface area contributed by atoms with Crippen LogP contribution in [-0.2, 0) is 9.53 Å². The maximum Gasteiger partial charge on any atom is 0.407 e. The fourth-order valence-electron chi connectivity index (χ4n) is 7.83. The zero-order valence-electron chi connectivity index (χ0n) is 28.9. The number of nitrogens with zero attached hydrogens (tertiary/aromatic N) is 4. The molecule has 3 aromatic rings. The highest BCUT2D eigenvalue weighted by Gasteiger charge is 2.34. The second-order valence-corrected chi connectivity index (χ2v) is 14.4. The molecule has 0 unspecified atom stereocenters. The highest BCUT2D eigenvalue weighted by atomic mass is 16.6. The molecule has 258 valence electrons. The number of alkyl carbamates (subject to hydrolysis) is 1. The molecule has 0 bridgehead atoms. The van der Waals surface area contributed by atoms with Crippen molar-refractivity contribution >= 4 is 23.4 Å². The van der Waals surface area contributed by atoms with Gasteiger partial charge in [-0.2, -0.15) is 5.10 Å². The van der Waals surface area contributed by atoms with E-state index in [1.54, 1.807) is 13.3 Å². The number of hydrogen-bond donors (Lipinski definition) is 1. The monoisotopic (exact) mass is 663 g/mol. The fraction of sp³-hybridized carbons (Fsp3) is 0.500. The van der Waals surface area contributed by atoms with E-state index in [2.05, 4.69) is 80.6 Å². The second-order valence-electron chi connectivity index (χ2n) is 14.4. The van der Waals surface area contributed by atoms with Crippen LogP contribution in [0.15, 0.2) is 72.1 Å². The molecule has 7 rings (SSSR count). The minimum atomic E-state index is -0.409. The molecular formula is C40H49N5O4. The number of allylic oxidation sites excluding steroid dienone is 1. The van der Waals surface area contributed by atoms with Crippen molar-refractivity contribution < 1.29 is 19.1 Å². The number of carbonyl (C=O) groups excluding carboxylic acids is 2. The average Bonchev–Trinajstić information content (AvgIpc) is 3.61. The van der Waals surface area contributed by atoms with Gasteiger partial charge in [0, 0.05) is 48.2 Å².